The topological polar surface area (TPSA) is 66.4 Å². The molecule has 3 atom stereocenters. The fraction of sp³-hybridized carbons (Fsp3) is 0.778. The molecule has 0 spiro atoms. The number of aliphatic carboxylic acids is 1. The normalized spacial score (nSPS) is 40.9. The Bertz CT molecular complexity index is 253. The minimum atomic E-state index is -0.818. The number of carbonyl (C=O) groups excluding carboxylic acids is 1. The highest BCUT2D eigenvalue weighted by molar-refractivity contribution is 5.69. The van der Waals surface area contributed by atoms with Gasteiger partial charge in [-0.25, -0.2) is 0 Å². The molecule has 13 heavy (non-hydrogen) atoms. The van der Waals surface area contributed by atoms with Crippen LogP contribution in [0, 0.1) is 11.8 Å². The molecule has 0 aromatic heterocycles. The number of carbonyl (C=O) groups is 2. The van der Waals surface area contributed by atoms with Crippen LogP contribution in [0.2, 0.25) is 0 Å². The molecule has 72 valence electrons. The Labute approximate surface area is 76.3 Å². The van der Waals surface area contributed by atoms with E-state index in [-0.39, 0.29) is 6.42 Å². The summed E-state index contributed by atoms with van der Waals surface area (Å²) in [5, 5.41) is 11.5. The average molecular weight is 183 g/mol. The highest BCUT2D eigenvalue weighted by atomic mass is 16.4. The van der Waals surface area contributed by atoms with Crippen LogP contribution in [0.15, 0.2) is 0 Å². The largest absolute Gasteiger partial charge is 0.481 e. The first-order valence-electron chi connectivity index (χ1n) is 4.61. The van der Waals surface area contributed by atoms with Gasteiger partial charge in [0.15, 0.2) is 0 Å². The summed E-state index contributed by atoms with van der Waals surface area (Å²) in [6.07, 6.45) is 3.71. The van der Waals surface area contributed by atoms with E-state index in [4.69, 9.17) is 5.11 Å². The first kappa shape index (κ1) is 8.53. The maximum absolute atomic E-state index is 10.6. The number of fused-ring (bicyclic) bond motifs is 1. The van der Waals surface area contributed by atoms with Crippen LogP contribution in [-0.2, 0) is 9.59 Å². The van der Waals surface area contributed by atoms with Gasteiger partial charge in [0.05, 0.1) is 12.0 Å². The van der Waals surface area contributed by atoms with Gasteiger partial charge in [-0.15, -0.1) is 0 Å². The van der Waals surface area contributed by atoms with E-state index >= 15 is 0 Å². The molecule has 1 amide bonds. The Balaban J connectivity index is 2.10. The first-order chi connectivity index (χ1) is 6.18. The molecule has 2 N–H and O–H groups in total. The maximum atomic E-state index is 10.6. The molecule has 2 fully saturated rings. The standard InChI is InChI=1S/C9H13NO3/c11-5-10-9(4-8(12)13)2-1-6-3-7(6)9/h5-7H,1-4H2,(H,10,11)(H,12,13)/t6-,7+,9?/m1/s1. The zero-order chi connectivity index (χ0) is 9.47. The van der Waals surface area contributed by atoms with Crippen molar-refractivity contribution in [1.82, 2.24) is 5.32 Å². The predicted octanol–water partition coefficient (Wildman–Crippen LogP) is 0.376. The van der Waals surface area contributed by atoms with E-state index < -0.39 is 11.5 Å². The molecule has 0 heterocycles. The Morgan fingerprint density at radius 3 is 2.85 bits per heavy atom. The van der Waals surface area contributed by atoms with Gasteiger partial charge in [0.25, 0.3) is 0 Å². The van der Waals surface area contributed by atoms with Crippen molar-refractivity contribution in [3.8, 4) is 0 Å². The lowest BCUT2D eigenvalue weighted by molar-refractivity contribution is -0.139. The summed E-state index contributed by atoms with van der Waals surface area (Å²) in [7, 11) is 0. The highest BCUT2D eigenvalue weighted by Gasteiger charge is 2.58. The van der Waals surface area contributed by atoms with Crippen LogP contribution in [0.3, 0.4) is 0 Å². The van der Waals surface area contributed by atoms with E-state index in [0.29, 0.717) is 18.2 Å². The Hall–Kier alpha value is -1.06. The minimum absolute atomic E-state index is 0.0763. The van der Waals surface area contributed by atoms with Crippen LogP contribution >= 0.6 is 0 Å². The van der Waals surface area contributed by atoms with Gasteiger partial charge in [-0.2, -0.15) is 0 Å². The molecule has 4 nitrogen and oxygen atoms in total. The molecule has 2 aliphatic rings. The van der Waals surface area contributed by atoms with Gasteiger partial charge in [-0.3, -0.25) is 9.59 Å². The fourth-order valence-corrected chi connectivity index (χ4v) is 2.71. The summed E-state index contributed by atoms with van der Waals surface area (Å²) in [5.74, 6) is 0.280. The van der Waals surface area contributed by atoms with Crippen LogP contribution in [0.4, 0.5) is 0 Å². The second-order valence-corrected chi connectivity index (χ2v) is 4.13. The minimum Gasteiger partial charge on any atom is -0.481 e. The zero-order valence-electron chi connectivity index (χ0n) is 7.32. The maximum Gasteiger partial charge on any atom is 0.305 e. The summed E-state index contributed by atoms with van der Waals surface area (Å²) in [6.45, 7) is 0. The lowest BCUT2D eigenvalue weighted by atomic mass is 9.89. The van der Waals surface area contributed by atoms with Crippen molar-refractivity contribution in [2.75, 3.05) is 0 Å². The van der Waals surface area contributed by atoms with Crippen molar-refractivity contribution in [3.05, 3.63) is 0 Å². The van der Waals surface area contributed by atoms with Crippen molar-refractivity contribution in [2.24, 2.45) is 11.8 Å². The molecule has 0 aromatic carbocycles. The smallest absolute Gasteiger partial charge is 0.305 e. The number of carboxylic acids is 1. The molecule has 1 unspecified atom stereocenters. The van der Waals surface area contributed by atoms with Crippen LogP contribution in [0.25, 0.3) is 0 Å². The zero-order valence-corrected chi connectivity index (χ0v) is 7.32. The van der Waals surface area contributed by atoms with E-state index in [1.165, 1.54) is 0 Å². The Morgan fingerprint density at radius 1 is 1.69 bits per heavy atom. The van der Waals surface area contributed by atoms with Gasteiger partial charge in [0, 0.05) is 0 Å². The predicted molar refractivity (Wildman–Crippen MR) is 45.0 cm³/mol. The molecule has 0 radical (unpaired) electrons. The van der Waals surface area contributed by atoms with Gasteiger partial charge < -0.3 is 10.4 Å². The van der Waals surface area contributed by atoms with Crippen LogP contribution in [-0.4, -0.2) is 23.0 Å². The van der Waals surface area contributed by atoms with E-state index in [0.717, 1.165) is 19.3 Å². The van der Waals surface area contributed by atoms with Crippen LogP contribution in [0.1, 0.15) is 25.7 Å². The number of hydrogen-bond acceptors (Lipinski definition) is 2. The summed E-state index contributed by atoms with van der Waals surface area (Å²) < 4.78 is 0. The lowest BCUT2D eigenvalue weighted by Gasteiger charge is -2.28. The number of nitrogens with one attached hydrogen (secondary N) is 1. The average Bonchev–Trinajstić information content (AvgIpc) is 2.73. The van der Waals surface area contributed by atoms with Gasteiger partial charge in [0.2, 0.25) is 6.41 Å². The third kappa shape index (κ3) is 1.30. The molecular weight excluding hydrogens is 170 g/mol. The van der Waals surface area contributed by atoms with Gasteiger partial charge in [0.1, 0.15) is 0 Å². The summed E-state index contributed by atoms with van der Waals surface area (Å²) in [5.41, 5.74) is -0.418. The van der Waals surface area contributed by atoms with Gasteiger partial charge in [-0.05, 0) is 31.1 Å². The van der Waals surface area contributed by atoms with Crippen LogP contribution < -0.4 is 5.32 Å². The van der Waals surface area contributed by atoms with Crippen molar-refractivity contribution < 1.29 is 14.7 Å². The molecule has 0 aliphatic heterocycles. The molecular formula is C9H13NO3. The van der Waals surface area contributed by atoms with Gasteiger partial charge in [-0.1, -0.05) is 0 Å². The van der Waals surface area contributed by atoms with Crippen molar-refractivity contribution >= 4 is 12.4 Å². The number of carboxylic acid groups (broad SMARTS) is 1. The molecule has 0 saturated heterocycles. The lowest BCUT2D eigenvalue weighted by Crippen LogP contribution is -2.46. The van der Waals surface area contributed by atoms with Crippen molar-refractivity contribution in [2.45, 2.75) is 31.2 Å². The van der Waals surface area contributed by atoms with Crippen molar-refractivity contribution in [1.29, 1.82) is 0 Å². The second-order valence-electron chi connectivity index (χ2n) is 4.13. The molecule has 2 aliphatic carbocycles. The van der Waals surface area contributed by atoms with Crippen LogP contribution in [0.5, 0.6) is 0 Å². The van der Waals surface area contributed by atoms with E-state index in [9.17, 15) is 9.59 Å². The number of rotatable bonds is 4. The quantitative estimate of drug-likeness (QED) is 0.619. The molecule has 0 aromatic rings. The van der Waals surface area contributed by atoms with Crippen molar-refractivity contribution in [3.63, 3.8) is 0 Å². The highest BCUT2D eigenvalue weighted by Crippen LogP contribution is 2.58. The monoisotopic (exact) mass is 183 g/mol. The fourth-order valence-electron chi connectivity index (χ4n) is 2.71. The van der Waals surface area contributed by atoms with E-state index in [1.54, 1.807) is 0 Å². The number of amides is 1. The summed E-state index contributed by atoms with van der Waals surface area (Å²) >= 11 is 0. The van der Waals surface area contributed by atoms with Gasteiger partial charge >= 0.3 is 5.97 Å². The van der Waals surface area contributed by atoms with E-state index in [2.05, 4.69) is 5.32 Å². The molecule has 0 bridgehead atoms. The summed E-state index contributed by atoms with van der Waals surface area (Å²) in [4.78, 5) is 21.1. The molecule has 2 saturated carbocycles. The molecule has 4 heteroatoms. The number of hydrogen-bond donors (Lipinski definition) is 2. The summed E-state index contributed by atoms with van der Waals surface area (Å²) in [6, 6.07) is 0. The Morgan fingerprint density at radius 2 is 2.46 bits per heavy atom. The third-order valence-corrected chi connectivity index (χ3v) is 3.41. The SMILES string of the molecule is O=CNC1(CC(=O)O)CC[C@@H]2C[C@@H]21. The first-order valence-corrected chi connectivity index (χ1v) is 4.61. The molecule has 2 rings (SSSR count). The second kappa shape index (κ2) is 2.72. The Kier molecular flexibility index (Phi) is 1.78. The third-order valence-electron chi connectivity index (χ3n) is 3.41. The van der Waals surface area contributed by atoms with E-state index in [1.807, 2.05) is 0 Å².